The molecule has 25 heavy (non-hydrogen) atoms. The van der Waals surface area contributed by atoms with Gasteiger partial charge in [0.05, 0.1) is 19.9 Å². The molecule has 5 nitrogen and oxygen atoms in total. The van der Waals surface area contributed by atoms with Gasteiger partial charge >= 0.3 is 0 Å². The van der Waals surface area contributed by atoms with Crippen LogP contribution in [0.1, 0.15) is 55.5 Å². The first kappa shape index (κ1) is 18.8. The van der Waals surface area contributed by atoms with E-state index in [0.717, 1.165) is 24.0 Å². The van der Waals surface area contributed by atoms with E-state index in [-0.39, 0.29) is 11.7 Å². The van der Waals surface area contributed by atoms with Crippen molar-refractivity contribution in [3.8, 4) is 11.5 Å². The lowest BCUT2D eigenvalue weighted by atomic mass is 10.0. The van der Waals surface area contributed by atoms with Crippen LogP contribution >= 0.6 is 0 Å². The minimum atomic E-state index is -0.180. The standard InChI is InChI=1S/C20H25NO4/c1-5-7-9-13-14-11-16(24-3)17(25-4)12-15(14)20(23)19(13)21-18(22)10-8-6-2/h5,7,11-12H,6,8-10H2,1-4H3,(H,21,22,23). The molecule has 0 spiro atoms. The van der Waals surface area contributed by atoms with Gasteiger partial charge in [-0.1, -0.05) is 25.5 Å². The van der Waals surface area contributed by atoms with Crippen LogP contribution < -0.4 is 14.8 Å². The highest BCUT2D eigenvalue weighted by Gasteiger charge is 2.31. The summed E-state index contributed by atoms with van der Waals surface area (Å²) in [7, 11) is 3.09. The zero-order valence-electron chi connectivity index (χ0n) is 15.3. The van der Waals surface area contributed by atoms with Crippen LogP contribution in [0.25, 0.3) is 5.57 Å². The van der Waals surface area contributed by atoms with E-state index >= 15 is 0 Å². The van der Waals surface area contributed by atoms with Crippen LogP contribution in [0.3, 0.4) is 0 Å². The largest absolute Gasteiger partial charge is 0.493 e. The van der Waals surface area contributed by atoms with Crippen LogP contribution in [0.4, 0.5) is 0 Å². The van der Waals surface area contributed by atoms with Crippen molar-refractivity contribution in [2.45, 2.75) is 39.5 Å². The van der Waals surface area contributed by atoms with E-state index in [1.54, 1.807) is 19.2 Å². The molecular weight excluding hydrogens is 318 g/mol. The normalized spacial score (nSPS) is 13.4. The van der Waals surface area contributed by atoms with E-state index in [1.165, 1.54) is 7.11 Å². The smallest absolute Gasteiger partial charge is 0.224 e. The summed E-state index contributed by atoms with van der Waals surface area (Å²) in [6.45, 7) is 3.95. The maximum absolute atomic E-state index is 12.9. The maximum atomic E-state index is 12.9. The van der Waals surface area contributed by atoms with Gasteiger partial charge < -0.3 is 14.8 Å². The van der Waals surface area contributed by atoms with Gasteiger partial charge in [-0.05, 0) is 43.0 Å². The van der Waals surface area contributed by atoms with Crippen molar-refractivity contribution in [3.05, 3.63) is 41.1 Å². The number of carbonyl (C=O) groups excluding carboxylic acids is 2. The molecule has 0 aromatic heterocycles. The van der Waals surface area contributed by atoms with E-state index in [1.807, 2.05) is 26.0 Å². The molecule has 0 fully saturated rings. The molecule has 0 aliphatic heterocycles. The van der Waals surface area contributed by atoms with E-state index in [4.69, 9.17) is 9.47 Å². The summed E-state index contributed by atoms with van der Waals surface area (Å²) in [4.78, 5) is 25.0. The minimum absolute atomic E-state index is 0.130. The molecule has 0 saturated heterocycles. The third kappa shape index (κ3) is 3.92. The van der Waals surface area contributed by atoms with Crippen LogP contribution in [-0.4, -0.2) is 25.9 Å². The average Bonchev–Trinajstić information content (AvgIpc) is 2.88. The van der Waals surface area contributed by atoms with Gasteiger partial charge in [0, 0.05) is 12.0 Å². The van der Waals surface area contributed by atoms with Crippen LogP contribution in [0, 0.1) is 0 Å². The van der Waals surface area contributed by atoms with E-state index in [2.05, 4.69) is 5.32 Å². The number of Topliss-reactive ketones (excluding diaryl/α,β-unsaturated/α-hetero) is 1. The summed E-state index contributed by atoms with van der Waals surface area (Å²) in [5.41, 5.74) is 2.49. The lowest BCUT2D eigenvalue weighted by Gasteiger charge is -2.11. The number of amides is 1. The monoisotopic (exact) mass is 343 g/mol. The molecule has 1 aliphatic rings. The summed E-state index contributed by atoms with van der Waals surface area (Å²) in [6, 6.07) is 3.48. The number of hydrogen-bond acceptors (Lipinski definition) is 4. The third-order valence-electron chi connectivity index (χ3n) is 4.20. The Morgan fingerprint density at radius 1 is 1.16 bits per heavy atom. The van der Waals surface area contributed by atoms with Gasteiger partial charge in [0.15, 0.2) is 11.5 Å². The molecule has 0 heterocycles. The first-order valence-corrected chi connectivity index (χ1v) is 8.52. The highest BCUT2D eigenvalue weighted by Crippen LogP contribution is 2.40. The predicted octanol–water partition coefficient (Wildman–Crippen LogP) is 3.88. The zero-order chi connectivity index (χ0) is 18.4. The first-order chi connectivity index (χ1) is 12.1. The van der Waals surface area contributed by atoms with Crippen molar-refractivity contribution in [2.24, 2.45) is 0 Å². The fourth-order valence-corrected chi connectivity index (χ4v) is 2.84. The van der Waals surface area contributed by atoms with E-state index < -0.39 is 0 Å². The molecule has 134 valence electrons. The number of unbranched alkanes of at least 4 members (excludes halogenated alkanes) is 1. The SMILES string of the molecule is CC=CCC1=C(NC(=O)CCCC)C(=O)c2cc(OC)c(OC)cc21. The molecule has 1 N–H and O–H groups in total. The summed E-state index contributed by atoms with van der Waals surface area (Å²) in [6.07, 6.45) is 6.59. The number of allylic oxidation sites excluding steroid dienone is 4. The number of hydrogen-bond donors (Lipinski definition) is 1. The van der Waals surface area contributed by atoms with Crippen molar-refractivity contribution in [3.63, 3.8) is 0 Å². The number of benzene rings is 1. The van der Waals surface area contributed by atoms with Gasteiger partial charge in [0.2, 0.25) is 11.7 Å². The number of carbonyl (C=O) groups is 2. The summed E-state index contributed by atoms with van der Waals surface area (Å²) >= 11 is 0. The Morgan fingerprint density at radius 3 is 2.36 bits per heavy atom. The minimum Gasteiger partial charge on any atom is -0.493 e. The molecule has 0 saturated carbocycles. The molecular formula is C20H25NO4. The van der Waals surface area contributed by atoms with Gasteiger partial charge in [-0.2, -0.15) is 0 Å². The van der Waals surface area contributed by atoms with Gasteiger partial charge in [-0.25, -0.2) is 0 Å². The summed E-state index contributed by atoms with van der Waals surface area (Å²) in [5.74, 6) is 0.749. The van der Waals surface area contributed by atoms with Crippen molar-refractivity contribution in [1.29, 1.82) is 0 Å². The molecule has 1 aliphatic carbocycles. The number of ketones is 1. The Labute approximate surface area is 148 Å². The Balaban J connectivity index is 2.46. The Hall–Kier alpha value is -2.56. The van der Waals surface area contributed by atoms with E-state index in [9.17, 15) is 9.59 Å². The van der Waals surface area contributed by atoms with Crippen molar-refractivity contribution in [2.75, 3.05) is 14.2 Å². The Morgan fingerprint density at radius 2 is 1.80 bits per heavy atom. The molecule has 0 radical (unpaired) electrons. The zero-order valence-corrected chi connectivity index (χ0v) is 15.3. The molecule has 5 heteroatoms. The van der Waals surface area contributed by atoms with Gasteiger partial charge in [-0.15, -0.1) is 0 Å². The van der Waals surface area contributed by atoms with Crippen LogP contribution in [0.5, 0.6) is 11.5 Å². The lowest BCUT2D eigenvalue weighted by Crippen LogP contribution is -2.26. The molecule has 0 bridgehead atoms. The molecule has 0 unspecified atom stereocenters. The Bertz CT molecular complexity index is 731. The van der Waals surface area contributed by atoms with Crippen molar-refractivity contribution in [1.82, 2.24) is 5.32 Å². The molecule has 0 atom stereocenters. The third-order valence-corrected chi connectivity index (χ3v) is 4.20. The maximum Gasteiger partial charge on any atom is 0.224 e. The average molecular weight is 343 g/mol. The highest BCUT2D eigenvalue weighted by atomic mass is 16.5. The van der Waals surface area contributed by atoms with Gasteiger partial charge in [0.25, 0.3) is 0 Å². The molecule has 1 aromatic carbocycles. The van der Waals surface area contributed by atoms with Gasteiger partial charge in [0.1, 0.15) is 0 Å². The van der Waals surface area contributed by atoms with E-state index in [0.29, 0.717) is 35.6 Å². The van der Waals surface area contributed by atoms with Crippen molar-refractivity contribution >= 4 is 17.3 Å². The van der Waals surface area contributed by atoms with Crippen LogP contribution in [0.2, 0.25) is 0 Å². The lowest BCUT2D eigenvalue weighted by molar-refractivity contribution is -0.120. The topological polar surface area (TPSA) is 64.6 Å². The number of rotatable bonds is 8. The Kier molecular flexibility index (Phi) is 6.39. The fraction of sp³-hybridized carbons (Fsp3) is 0.400. The first-order valence-electron chi connectivity index (χ1n) is 8.52. The second kappa shape index (κ2) is 8.51. The fourth-order valence-electron chi connectivity index (χ4n) is 2.84. The second-order valence-corrected chi connectivity index (χ2v) is 5.86. The highest BCUT2D eigenvalue weighted by molar-refractivity contribution is 6.22. The number of fused-ring (bicyclic) bond motifs is 1. The molecule has 2 rings (SSSR count). The quantitative estimate of drug-likeness (QED) is 0.728. The number of methoxy groups -OCH3 is 2. The van der Waals surface area contributed by atoms with Crippen molar-refractivity contribution < 1.29 is 19.1 Å². The molecule has 1 amide bonds. The summed E-state index contributed by atoms with van der Waals surface area (Å²) in [5, 5.41) is 2.82. The molecule has 1 aromatic rings. The van der Waals surface area contributed by atoms with Gasteiger partial charge in [-0.3, -0.25) is 9.59 Å². The number of nitrogens with one attached hydrogen (secondary N) is 1. The van der Waals surface area contributed by atoms with Crippen LogP contribution in [-0.2, 0) is 4.79 Å². The number of ether oxygens (including phenoxy) is 2. The second-order valence-electron chi connectivity index (χ2n) is 5.86. The summed E-state index contributed by atoms with van der Waals surface area (Å²) < 4.78 is 10.7. The predicted molar refractivity (Wildman–Crippen MR) is 97.9 cm³/mol. The van der Waals surface area contributed by atoms with Crippen LogP contribution in [0.15, 0.2) is 30.0 Å².